The smallest absolute Gasteiger partial charge is 0.320 e. The SMILES string of the molecule is CN(C)c1ccc(Nc2nnc(-c3ccc(F)c(F)c3Nc3ccc(I)cc3F)o2)cc1. The quantitative estimate of drug-likeness (QED) is 0.274. The molecule has 10 heteroatoms. The van der Waals surface area contributed by atoms with Crippen molar-refractivity contribution in [1.82, 2.24) is 10.2 Å². The first-order valence-electron chi connectivity index (χ1n) is 9.40. The van der Waals surface area contributed by atoms with Gasteiger partial charge in [0.15, 0.2) is 11.6 Å². The second-order valence-electron chi connectivity index (χ2n) is 7.01. The van der Waals surface area contributed by atoms with Crippen LogP contribution < -0.4 is 15.5 Å². The van der Waals surface area contributed by atoms with Gasteiger partial charge in [0.05, 0.1) is 16.9 Å². The highest BCUT2D eigenvalue weighted by atomic mass is 127. The van der Waals surface area contributed by atoms with Crippen LogP contribution in [0, 0.1) is 21.0 Å². The lowest BCUT2D eigenvalue weighted by Crippen LogP contribution is -2.08. The Morgan fingerprint density at radius 2 is 1.62 bits per heavy atom. The van der Waals surface area contributed by atoms with Crippen molar-refractivity contribution in [3.8, 4) is 11.5 Å². The summed E-state index contributed by atoms with van der Waals surface area (Å²) in [5.74, 6) is -2.96. The van der Waals surface area contributed by atoms with Crippen LogP contribution in [0.2, 0.25) is 0 Å². The fourth-order valence-corrected chi connectivity index (χ4v) is 3.38. The molecule has 0 fully saturated rings. The Kier molecular flexibility index (Phi) is 6.21. The molecule has 4 aromatic rings. The summed E-state index contributed by atoms with van der Waals surface area (Å²) < 4.78 is 49.1. The number of hydrogen-bond donors (Lipinski definition) is 2. The third-order valence-electron chi connectivity index (χ3n) is 4.58. The molecule has 0 aliphatic carbocycles. The Morgan fingerprint density at radius 1 is 0.875 bits per heavy atom. The Balaban J connectivity index is 1.64. The summed E-state index contributed by atoms with van der Waals surface area (Å²) in [4.78, 5) is 1.96. The monoisotopic (exact) mass is 551 g/mol. The maximum absolute atomic E-state index is 14.6. The Bertz CT molecular complexity index is 1260. The average Bonchev–Trinajstić information content (AvgIpc) is 3.21. The number of rotatable bonds is 6. The Labute approximate surface area is 195 Å². The molecule has 0 saturated carbocycles. The summed E-state index contributed by atoms with van der Waals surface area (Å²) >= 11 is 1.95. The van der Waals surface area contributed by atoms with Crippen LogP contribution in [0.3, 0.4) is 0 Å². The van der Waals surface area contributed by atoms with E-state index in [2.05, 4.69) is 20.8 Å². The van der Waals surface area contributed by atoms with E-state index in [4.69, 9.17) is 4.42 Å². The highest BCUT2D eigenvalue weighted by Crippen LogP contribution is 2.35. The third-order valence-corrected chi connectivity index (χ3v) is 5.25. The van der Waals surface area contributed by atoms with Crippen molar-refractivity contribution in [3.05, 3.63) is 75.6 Å². The van der Waals surface area contributed by atoms with Crippen LogP contribution >= 0.6 is 22.6 Å². The minimum atomic E-state index is -1.19. The summed E-state index contributed by atoms with van der Waals surface area (Å²) in [6, 6.07) is 14.1. The van der Waals surface area contributed by atoms with E-state index in [-0.39, 0.29) is 28.8 Å². The first-order valence-corrected chi connectivity index (χ1v) is 10.5. The predicted molar refractivity (Wildman–Crippen MR) is 126 cm³/mol. The highest BCUT2D eigenvalue weighted by molar-refractivity contribution is 14.1. The normalized spacial score (nSPS) is 10.8. The first kappa shape index (κ1) is 21.9. The summed E-state index contributed by atoms with van der Waals surface area (Å²) in [5.41, 5.74) is 1.48. The van der Waals surface area contributed by atoms with Gasteiger partial charge in [0, 0.05) is 29.0 Å². The molecular weight excluding hydrogens is 534 g/mol. The average molecular weight is 551 g/mol. The van der Waals surface area contributed by atoms with Gasteiger partial charge in [-0.1, -0.05) is 5.10 Å². The second-order valence-corrected chi connectivity index (χ2v) is 8.26. The molecule has 6 nitrogen and oxygen atoms in total. The molecule has 0 radical (unpaired) electrons. The highest BCUT2D eigenvalue weighted by Gasteiger charge is 2.20. The van der Waals surface area contributed by atoms with Crippen molar-refractivity contribution in [3.63, 3.8) is 0 Å². The molecule has 164 valence electrons. The van der Waals surface area contributed by atoms with E-state index in [9.17, 15) is 13.2 Å². The summed E-state index contributed by atoms with van der Waals surface area (Å²) in [7, 11) is 3.87. The molecule has 4 rings (SSSR count). The number of anilines is 5. The van der Waals surface area contributed by atoms with Crippen LogP contribution in [-0.4, -0.2) is 24.3 Å². The van der Waals surface area contributed by atoms with Gasteiger partial charge in [-0.2, -0.15) is 0 Å². The fourth-order valence-electron chi connectivity index (χ4n) is 2.93. The zero-order valence-electron chi connectivity index (χ0n) is 17.0. The lowest BCUT2D eigenvalue weighted by molar-refractivity contribution is 0.511. The predicted octanol–water partition coefficient (Wildman–Crippen LogP) is 6.31. The standard InChI is InChI=1S/C22H17F3IN5O/c1-31(2)14-6-4-13(5-7-14)27-22-30-29-21(32-22)15-8-9-16(23)19(25)20(15)28-18-10-3-12(26)11-17(18)24/h3-11,28H,1-2H3,(H,27,30). The third kappa shape index (κ3) is 4.64. The number of hydrogen-bond acceptors (Lipinski definition) is 6. The van der Waals surface area contributed by atoms with Gasteiger partial charge < -0.3 is 20.0 Å². The Morgan fingerprint density at radius 3 is 2.31 bits per heavy atom. The maximum atomic E-state index is 14.6. The number of benzene rings is 3. The molecule has 0 unspecified atom stereocenters. The molecule has 0 saturated heterocycles. The molecule has 0 bridgehead atoms. The molecule has 0 amide bonds. The largest absolute Gasteiger partial charge is 0.403 e. The maximum Gasteiger partial charge on any atom is 0.320 e. The van der Waals surface area contributed by atoms with Crippen LogP contribution in [0.25, 0.3) is 11.5 Å². The molecule has 1 heterocycles. The topological polar surface area (TPSA) is 66.2 Å². The minimum absolute atomic E-state index is 0.0185. The molecular formula is C22H17F3IN5O. The minimum Gasteiger partial charge on any atom is -0.403 e. The zero-order valence-corrected chi connectivity index (χ0v) is 19.1. The van der Waals surface area contributed by atoms with E-state index in [1.807, 2.05) is 65.9 Å². The zero-order chi connectivity index (χ0) is 22.8. The summed E-state index contributed by atoms with van der Waals surface area (Å²) in [5, 5.41) is 13.4. The van der Waals surface area contributed by atoms with E-state index in [1.54, 1.807) is 6.07 Å². The molecule has 1 aromatic heterocycles. The molecule has 0 aliphatic rings. The van der Waals surface area contributed by atoms with Gasteiger partial charge >= 0.3 is 6.01 Å². The van der Waals surface area contributed by atoms with E-state index in [0.29, 0.717) is 9.26 Å². The van der Waals surface area contributed by atoms with Crippen LogP contribution in [0.15, 0.2) is 59.0 Å². The van der Waals surface area contributed by atoms with Crippen LogP contribution in [0.1, 0.15) is 0 Å². The number of nitrogens with zero attached hydrogens (tertiary/aromatic N) is 3. The van der Waals surface area contributed by atoms with Gasteiger partial charge in [-0.3, -0.25) is 0 Å². The van der Waals surface area contributed by atoms with Crippen LogP contribution in [-0.2, 0) is 0 Å². The van der Waals surface area contributed by atoms with Crippen molar-refractivity contribution >= 4 is 51.4 Å². The van der Waals surface area contributed by atoms with Gasteiger partial charge in [-0.05, 0) is 77.2 Å². The molecule has 2 N–H and O–H groups in total. The second kappa shape index (κ2) is 9.07. The summed E-state index contributed by atoms with van der Waals surface area (Å²) in [6.07, 6.45) is 0. The number of nitrogens with one attached hydrogen (secondary N) is 2. The van der Waals surface area contributed by atoms with Crippen molar-refractivity contribution in [2.24, 2.45) is 0 Å². The lowest BCUT2D eigenvalue weighted by Gasteiger charge is -2.13. The lowest BCUT2D eigenvalue weighted by atomic mass is 10.1. The van der Waals surface area contributed by atoms with E-state index >= 15 is 0 Å². The van der Waals surface area contributed by atoms with Gasteiger partial charge in [0.25, 0.3) is 5.89 Å². The van der Waals surface area contributed by atoms with Gasteiger partial charge in [0.1, 0.15) is 5.82 Å². The van der Waals surface area contributed by atoms with Crippen molar-refractivity contribution < 1.29 is 17.6 Å². The molecule has 3 aromatic carbocycles. The molecule has 0 atom stereocenters. The van der Waals surface area contributed by atoms with Crippen molar-refractivity contribution in [1.29, 1.82) is 0 Å². The van der Waals surface area contributed by atoms with Crippen LogP contribution in [0.5, 0.6) is 0 Å². The van der Waals surface area contributed by atoms with Crippen LogP contribution in [0.4, 0.5) is 41.9 Å². The molecule has 0 aliphatic heterocycles. The number of aromatic nitrogens is 2. The van der Waals surface area contributed by atoms with E-state index < -0.39 is 17.5 Å². The van der Waals surface area contributed by atoms with Gasteiger partial charge in [-0.25, -0.2) is 13.2 Å². The number of halogens is 4. The van der Waals surface area contributed by atoms with E-state index in [1.165, 1.54) is 18.2 Å². The first-order chi connectivity index (χ1) is 15.3. The van der Waals surface area contributed by atoms with E-state index in [0.717, 1.165) is 11.8 Å². The van der Waals surface area contributed by atoms with Gasteiger partial charge in [-0.15, -0.1) is 5.10 Å². The fraction of sp³-hybridized carbons (Fsp3) is 0.0909. The summed E-state index contributed by atoms with van der Waals surface area (Å²) in [6.45, 7) is 0. The molecule has 32 heavy (non-hydrogen) atoms. The van der Waals surface area contributed by atoms with Crippen molar-refractivity contribution in [2.45, 2.75) is 0 Å². The van der Waals surface area contributed by atoms with Gasteiger partial charge in [0.2, 0.25) is 0 Å². The molecule has 0 spiro atoms. The van der Waals surface area contributed by atoms with Crippen molar-refractivity contribution in [2.75, 3.05) is 29.6 Å². The Hall–Kier alpha value is -3.28.